The van der Waals surface area contributed by atoms with Crippen LogP contribution in [0, 0.1) is 0 Å². The summed E-state index contributed by atoms with van der Waals surface area (Å²) in [4.78, 5) is 19.6. The minimum absolute atomic E-state index is 0.0231. The van der Waals surface area contributed by atoms with Gasteiger partial charge in [0.15, 0.2) is 24.8 Å². The Kier molecular flexibility index (Phi) is 6.12. The van der Waals surface area contributed by atoms with Gasteiger partial charge in [0.2, 0.25) is 5.91 Å². The lowest BCUT2D eigenvalue weighted by Gasteiger charge is -2.19. The van der Waals surface area contributed by atoms with E-state index in [1.165, 1.54) is 40.7 Å². The second-order valence-electron chi connectivity index (χ2n) is 7.55. The number of rotatable bonds is 7. The number of amides is 1. The maximum atomic E-state index is 13.3. The molecular weight excluding hydrogens is 484 g/mol. The van der Waals surface area contributed by atoms with E-state index >= 15 is 0 Å². The molecule has 0 unspecified atom stereocenters. The zero-order valence-corrected chi connectivity index (χ0v) is 20.2. The summed E-state index contributed by atoms with van der Waals surface area (Å²) in [6.07, 6.45) is 3.80. The number of nitrogens with zero attached hydrogens (tertiary/aromatic N) is 2. The molecule has 2 heterocycles. The normalized spacial score (nSPS) is 12.2. The number of sulfone groups is 2. The third kappa shape index (κ3) is 5.32. The van der Waals surface area contributed by atoms with Gasteiger partial charge in [-0.25, -0.2) is 21.8 Å². The van der Waals surface area contributed by atoms with E-state index in [2.05, 4.69) is 4.98 Å². The van der Waals surface area contributed by atoms with Crippen molar-refractivity contribution in [3.63, 3.8) is 0 Å². The van der Waals surface area contributed by atoms with Crippen molar-refractivity contribution in [2.24, 2.45) is 0 Å². The summed E-state index contributed by atoms with van der Waals surface area (Å²) in [6.45, 7) is 0.145. The van der Waals surface area contributed by atoms with Crippen LogP contribution in [0.1, 0.15) is 11.3 Å². The highest BCUT2D eigenvalue weighted by Crippen LogP contribution is 2.32. The van der Waals surface area contributed by atoms with Gasteiger partial charge in [-0.05, 0) is 48.0 Å². The first kappa shape index (κ1) is 23.1. The van der Waals surface area contributed by atoms with Crippen molar-refractivity contribution in [2.45, 2.75) is 22.8 Å². The van der Waals surface area contributed by atoms with Crippen molar-refractivity contribution in [3.8, 4) is 0 Å². The SMILES string of the molecule is CS(=O)(=O)c1ccc(CC(=O)N(Cc2ccco2)c2nc3ccc(S(C)(=O)=O)cc3s2)cc1. The minimum atomic E-state index is -3.38. The van der Waals surface area contributed by atoms with Gasteiger partial charge in [-0.2, -0.15) is 0 Å². The van der Waals surface area contributed by atoms with E-state index in [1.54, 1.807) is 36.4 Å². The van der Waals surface area contributed by atoms with Crippen molar-refractivity contribution in [3.05, 3.63) is 72.2 Å². The zero-order valence-electron chi connectivity index (χ0n) is 17.8. The van der Waals surface area contributed by atoms with Gasteiger partial charge in [0.1, 0.15) is 5.76 Å². The van der Waals surface area contributed by atoms with Crippen molar-refractivity contribution in [1.29, 1.82) is 0 Å². The van der Waals surface area contributed by atoms with Crippen LogP contribution in [0.25, 0.3) is 10.2 Å². The number of hydrogen-bond donors (Lipinski definition) is 0. The van der Waals surface area contributed by atoms with Crippen molar-refractivity contribution < 1.29 is 26.0 Å². The molecule has 2 aromatic carbocycles. The number of furan rings is 1. The molecule has 1 amide bonds. The third-order valence-electron chi connectivity index (χ3n) is 4.91. The molecule has 0 atom stereocenters. The molecule has 4 aromatic rings. The Bertz CT molecular complexity index is 1520. The standard InChI is InChI=1S/C22H20N2O6S3/c1-32(26,27)17-7-5-15(6-8-17)12-21(25)24(14-16-4-3-11-30-16)22-23-19-10-9-18(33(2,28)29)13-20(19)31-22/h3-11,13H,12,14H2,1-2H3. The number of benzene rings is 2. The monoisotopic (exact) mass is 504 g/mol. The van der Waals surface area contributed by atoms with E-state index in [9.17, 15) is 21.6 Å². The summed E-state index contributed by atoms with van der Waals surface area (Å²) in [5, 5.41) is 0.407. The fraction of sp³-hybridized carbons (Fsp3) is 0.182. The van der Waals surface area contributed by atoms with Gasteiger partial charge in [-0.3, -0.25) is 9.69 Å². The highest BCUT2D eigenvalue weighted by molar-refractivity contribution is 7.91. The summed E-state index contributed by atoms with van der Waals surface area (Å²) >= 11 is 1.21. The number of anilines is 1. The lowest BCUT2D eigenvalue weighted by atomic mass is 10.1. The first-order valence-corrected chi connectivity index (χ1v) is 14.3. The molecule has 2 aromatic heterocycles. The number of fused-ring (bicyclic) bond motifs is 1. The smallest absolute Gasteiger partial charge is 0.233 e. The van der Waals surface area contributed by atoms with Crippen LogP contribution in [0.2, 0.25) is 0 Å². The van der Waals surface area contributed by atoms with Gasteiger partial charge >= 0.3 is 0 Å². The zero-order chi connectivity index (χ0) is 23.8. The highest BCUT2D eigenvalue weighted by Gasteiger charge is 2.22. The van der Waals surface area contributed by atoms with Crippen LogP contribution >= 0.6 is 11.3 Å². The first-order valence-electron chi connectivity index (χ1n) is 9.73. The molecule has 0 N–H and O–H groups in total. The van der Waals surface area contributed by atoms with Crippen molar-refractivity contribution in [1.82, 2.24) is 4.98 Å². The van der Waals surface area contributed by atoms with Crippen LogP contribution in [0.15, 0.2) is 75.1 Å². The summed E-state index contributed by atoms with van der Waals surface area (Å²) in [6, 6.07) is 14.3. The topological polar surface area (TPSA) is 115 Å². The summed E-state index contributed by atoms with van der Waals surface area (Å²) < 4.78 is 53.2. The predicted molar refractivity (Wildman–Crippen MR) is 126 cm³/mol. The van der Waals surface area contributed by atoms with Gasteiger partial charge < -0.3 is 4.42 Å². The number of thiazole rings is 1. The van der Waals surface area contributed by atoms with Crippen LogP contribution in [-0.4, -0.2) is 40.2 Å². The Morgan fingerprint density at radius 3 is 2.24 bits per heavy atom. The maximum absolute atomic E-state index is 13.3. The molecular formula is C22H20N2O6S3. The number of carbonyl (C=O) groups is 1. The Morgan fingerprint density at radius 1 is 0.970 bits per heavy atom. The molecule has 11 heteroatoms. The summed E-state index contributed by atoms with van der Waals surface area (Å²) in [5.41, 5.74) is 1.23. The quantitative estimate of drug-likeness (QED) is 0.378. The molecule has 0 aliphatic heterocycles. The molecule has 0 spiro atoms. The van der Waals surface area contributed by atoms with Gasteiger partial charge in [0, 0.05) is 12.5 Å². The van der Waals surface area contributed by atoms with Crippen LogP contribution in [0.5, 0.6) is 0 Å². The van der Waals surface area contributed by atoms with E-state index < -0.39 is 19.7 Å². The molecule has 0 fully saturated rings. The number of carbonyl (C=O) groups excluding carboxylic acids is 1. The molecule has 33 heavy (non-hydrogen) atoms. The fourth-order valence-electron chi connectivity index (χ4n) is 3.18. The molecule has 0 aliphatic rings. The van der Waals surface area contributed by atoms with E-state index in [-0.39, 0.29) is 28.7 Å². The van der Waals surface area contributed by atoms with Crippen LogP contribution < -0.4 is 4.90 Å². The largest absolute Gasteiger partial charge is 0.467 e. The van der Waals surface area contributed by atoms with E-state index in [1.807, 2.05) is 0 Å². The van der Waals surface area contributed by atoms with Gasteiger partial charge in [-0.15, -0.1) is 0 Å². The molecule has 0 aliphatic carbocycles. The lowest BCUT2D eigenvalue weighted by molar-refractivity contribution is -0.118. The van der Waals surface area contributed by atoms with Crippen molar-refractivity contribution >= 4 is 52.3 Å². The van der Waals surface area contributed by atoms with Crippen molar-refractivity contribution in [2.75, 3.05) is 17.4 Å². The van der Waals surface area contributed by atoms with Gasteiger partial charge in [-0.1, -0.05) is 23.5 Å². The van der Waals surface area contributed by atoms with Gasteiger partial charge in [0.25, 0.3) is 0 Å². The van der Waals surface area contributed by atoms with Crippen LogP contribution in [0.4, 0.5) is 5.13 Å². The first-order chi connectivity index (χ1) is 15.5. The highest BCUT2D eigenvalue weighted by atomic mass is 32.2. The molecule has 8 nitrogen and oxygen atoms in total. The minimum Gasteiger partial charge on any atom is -0.467 e. The predicted octanol–water partition coefficient (Wildman–Crippen LogP) is 3.47. The average molecular weight is 505 g/mol. The second kappa shape index (κ2) is 8.73. The van der Waals surface area contributed by atoms with E-state index in [0.29, 0.717) is 26.7 Å². The molecule has 4 rings (SSSR count). The Hall–Kier alpha value is -3.02. The van der Waals surface area contributed by atoms with Gasteiger partial charge in [0.05, 0.1) is 39.2 Å². The lowest BCUT2D eigenvalue weighted by Crippen LogP contribution is -2.31. The Labute approximate surface area is 195 Å². The number of hydrogen-bond acceptors (Lipinski definition) is 8. The molecule has 0 saturated heterocycles. The Morgan fingerprint density at radius 2 is 1.64 bits per heavy atom. The average Bonchev–Trinajstić information content (AvgIpc) is 3.39. The Balaban J connectivity index is 1.67. The maximum Gasteiger partial charge on any atom is 0.233 e. The molecule has 172 valence electrons. The summed E-state index contributed by atoms with van der Waals surface area (Å²) in [7, 11) is -6.71. The van der Waals surface area contributed by atoms with Crippen LogP contribution in [0.3, 0.4) is 0 Å². The van der Waals surface area contributed by atoms with Crippen LogP contribution in [-0.2, 0) is 37.4 Å². The summed E-state index contributed by atoms with van der Waals surface area (Å²) in [5.74, 6) is 0.299. The number of aromatic nitrogens is 1. The van der Waals surface area contributed by atoms with E-state index in [0.717, 1.165) is 12.5 Å². The fourth-order valence-corrected chi connectivity index (χ4v) is 5.56. The molecule has 0 bridgehead atoms. The third-order valence-corrected chi connectivity index (χ3v) is 8.19. The van der Waals surface area contributed by atoms with E-state index in [4.69, 9.17) is 4.42 Å². The second-order valence-corrected chi connectivity index (χ2v) is 12.6. The molecule has 0 saturated carbocycles. The molecule has 0 radical (unpaired) electrons.